The highest BCUT2D eigenvalue weighted by Crippen LogP contribution is 2.32. The van der Waals surface area contributed by atoms with Crippen LogP contribution in [-0.4, -0.2) is 67.7 Å². The second kappa shape index (κ2) is 12.8. The Morgan fingerprint density at radius 1 is 1.18 bits per heavy atom. The number of ether oxygens (including phenoxy) is 2. The van der Waals surface area contributed by atoms with Crippen molar-refractivity contribution in [1.82, 2.24) is 9.97 Å². The maximum atomic E-state index is 13.7. The zero-order valence-corrected chi connectivity index (χ0v) is 24.0. The lowest BCUT2D eigenvalue weighted by molar-refractivity contribution is -0.157. The minimum absolute atomic E-state index is 0.0215. The highest BCUT2D eigenvalue weighted by molar-refractivity contribution is 7.92. The van der Waals surface area contributed by atoms with Crippen molar-refractivity contribution in [3.63, 3.8) is 0 Å². The van der Waals surface area contributed by atoms with Gasteiger partial charge in [-0.1, -0.05) is 26.0 Å². The molecule has 0 saturated carbocycles. The molecule has 2 aromatic rings. The van der Waals surface area contributed by atoms with Crippen molar-refractivity contribution in [1.29, 1.82) is 0 Å². The quantitative estimate of drug-likeness (QED) is 0.411. The van der Waals surface area contributed by atoms with E-state index in [1.165, 1.54) is 26.3 Å². The molecule has 0 fully saturated rings. The first-order chi connectivity index (χ1) is 17.5. The smallest absolute Gasteiger partial charge is 0.308 e. The van der Waals surface area contributed by atoms with Gasteiger partial charge in [0.1, 0.15) is 11.4 Å². The largest absolute Gasteiger partial charge is 0.460 e. The molecule has 1 unspecified atom stereocenters. The van der Waals surface area contributed by atoms with E-state index < -0.39 is 39.6 Å². The Balaban J connectivity index is 2.48. The third-order valence-electron chi connectivity index (χ3n) is 5.54. The van der Waals surface area contributed by atoms with Crippen molar-refractivity contribution < 1.29 is 32.2 Å². The van der Waals surface area contributed by atoms with Gasteiger partial charge in [-0.15, -0.1) is 0 Å². The van der Waals surface area contributed by atoms with E-state index in [-0.39, 0.29) is 24.7 Å². The van der Waals surface area contributed by atoms with Crippen molar-refractivity contribution in [2.45, 2.75) is 71.2 Å². The highest BCUT2D eigenvalue weighted by Gasteiger charge is 2.24. The summed E-state index contributed by atoms with van der Waals surface area (Å²) in [5.74, 6) is -1.02. The fraction of sp³-hybridized carbons (Fsp3) is 0.519. The van der Waals surface area contributed by atoms with E-state index in [1.807, 2.05) is 13.8 Å². The number of halogens is 1. The van der Waals surface area contributed by atoms with E-state index >= 15 is 0 Å². The maximum Gasteiger partial charge on any atom is 0.308 e. The summed E-state index contributed by atoms with van der Waals surface area (Å²) in [5.41, 5.74) is 1.40. The number of benzene rings is 1. The molecule has 1 aromatic heterocycles. The Morgan fingerprint density at radius 2 is 1.79 bits per heavy atom. The Morgan fingerprint density at radius 3 is 2.29 bits per heavy atom. The molecule has 0 aliphatic rings. The molecule has 11 heteroatoms. The van der Waals surface area contributed by atoms with Crippen LogP contribution in [0.4, 0.5) is 10.3 Å². The first-order valence-corrected chi connectivity index (χ1v) is 14.1. The first kappa shape index (κ1) is 31.3. The molecule has 0 aliphatic carbocycles. The molecule has 1 N–H and O–H groups in total. The summed E-state index contributed by atoms with van der Waals surface area (Å²) < 4.78 is 49.7. The standard InChI is InChI=1S/C27H38FN3O6S/c1-17(2)24-22(14-13-20(32)15-21(36-7)16-23(33)37-27(3,4)5)25(18-9-11-19(28)12-10-18)30-26(29-24)31(6)38(8,34)35/h9-14,17,20-21,32H,15-16H2,1-8H3/t20?,21-/m1/s1. The summed E-state index contributed by atoms with van der Waals surface area (Å²) in [4.78, 5) is 21.2. The number of aliphatic hydroxyl groups is 1. The number of rotatable bonds is 11. The van der Waals surface area contributed by atoms with Crippen LogP contribution in [0.2, 0.25) is 0 Å². The predicted octanol–water partition coefficient (Wildman–Crippen LogP) is 4.31. The monoisotopic (exact) mass is 551 g/mol. The van der Waals surface area contributed by atoms with Gasteiger partial charge in [-0.25, -0.2) is 27.1 Å². The Hall–Kier alpha value is -2.89. The summed E-state index contributed by atoms with van der Waals surface area (Å²) in [6.07, 6.45) is 2.80. The lowest BCUT2D eigenvalue weighted by Crippen LogP contribution is -2.28. The van der Waals surface area contributed by atoms with Crippen molar-refractivity contribution in [3.8, 4) is 11.3 Å². The number of carbonyl (C=O) groups excluding carboxylic acids is 1. The molecule has 1 heterocycles. The van der Waals surface area contributed by atoms with Crippen LogP contribution >= 0.6 is 0 Å². The normalized spacial score (nSPS) is 14.1. The van der Waals surface area contributed by atoms with Crippen molar-refractivity contribution in [2.75, 3.05) is 24.7 Å². The average molecular weight is 552 g/mol. The van der Waals surface area contributed by atoms with E-state index in [0.717, 1.165) is 10.6 Å². The summed E-state index contributed by atoms with van der Waals surface area (Å²) in [5, 5.41) is 10.7. The van der Waals surface area contributed by atoms with E-state index in [4.69, 9.17) is 9.47 Å². The first-order valence-electron chi connectivity index (χ1n) is 12.2. The minimum Gasteiger partial charge on any atom is -0.460 e. The molecule has 2 atom stereocenters. The van der Waals surface area contributed by atoms with Crippen LogP contribution in [-0.2, 0) is 24.3 Å². The molecule has 9 nitrogen and oxygen atoms in total. The molecule has 210 valence electrons. The number of aromatic nitrogens is 2. The lowest BCUT2D eigenvalue weighted by atomic mass is 9.97. The molecule has 0 amide bonds. The Bertz CT molecular complexity index is 1240. The second-order valence-corrected chi connectivity index (χ2v) is 12.4. The minimum atomic E-state index is -3.64. The number of nitrogens with zero attached hydrogens (tertiary/aromatic N) is 3. The van der Waals surface area contributed by atoms with Gasteiger partial charge in [0.2, 0.25) is 16.0 Å². The zero-order chi connectivity index (χ0) is 28.8. The Labute approximate surface area is 224 Å². The third kappa shape index (κ3) is 9.14. The van der Waals surface area contributed by atoms with Crippen LogP contribution in [0.15, 0.2) is 30.3 Å². The molecule has 2 rings (SSSR count). The highest BCUT2D eigenvalue weighted by atomic mass is 32.2. The van der Waals surface area contributed by atoms with E-state index in [0.29, 0.717) is 22.5 Å². The number of aliphatic hydroxyl groups excluding tert-OH is 1. The van der Waals surface area contributed by atoms with Gasteiger partial charge in [-0.2, -0.15) is 0 Å². The van der Waals surface area contributed by atoms with E-state index in [2.05, 4.69) is 9.97 Å². The molecular formula is C27H38FN3O6S. The van der Waals surface area contributed by atoms with Gasteiger partial charge in [0.25, 0.3) is 0 Å². The third-order valence-corrected chi connectivity index (χ3v) is 6.70. The van der Waals surface area contributed by atoms with Gasteiger partial charge >= 0.3 is 5.97 Å². The van der Waals surface area contributed by atoms with Crippen LogP contribution in [0, 0.1) is 5.82 Å². The topological polar surface area (TPSA) is 119 Å². The molecule has 0 saturated heterocycles. The van der Waals surface area contributed by atoms with Gasteiger partial charge in [0.05, 0.1) is 36.3 Å². The van der Waals surface area contributed by atoms with Gasteiger partial charge in [-0.3, -0.25) is 4.79 Å². The molecule has 38 heavy (non-hydrogen) atoms. The number of sulfonamides is 1. The molecule has 1 aromatic carbocycles. The van der Waals surface area contributed by atoms with Crippen molar-refractivity contribution >= 4 is 28.0 Å². The summed E-state index contributed by atoms with van der Waals surface area (Å²) in [7, 11) is -0.825. The fourth-order valence-corrected chi connectivity index (χ4v) is 3.96. The number of hydrogen-bond donors (Lipinski definition) is 1. The molecule has 0 radical (unpaired) electrons. The molecular weight excluding hydrogens is 513 g/mol. The number of anilines is 1. The van der Waals surface area contributed by atoms with Crippen LogP contribution in [0.1, 0.15) is 64.6 Å². The number of carbonyl (C=O) groups is 1. The number of esters is 1. The number of methoxy groups -OCH3 is 1. The summed E-state index contributed by atoms with van der Waals surface area (Å²) >= 11 is 0. The van der Waals surface area contributed by atoms with Crippen LogP contribution in [0.3, 0.4) is 0 Å². The van der Waals surface area contributed by atoms with E-state index in [1.54, 1.807) is 45.1 Å². The average Bonchev–Trinajstić information content (AvgIpc) is 2.80. The van der Waals surface area contributed by atoms with Gasteiger partial charge in [-0.05, 0) is 51.0 Å². The van der Waals surface area contributed by atoms with Crippen molar-refractivity contribution in [3.05, 3.63) is 47.4 Å². The molecule has 0 aliphatic heterocycles. The van der Waals surface area contributed by atoms with Crippen LogP contribution in [0.25, 0.3) is 17.3 Å². The predicted molar refractivity (Wildman–Crippen MR) is 146 cm³/mol. The van der Waals surface area contributed by atoms with Gasteiger partial charge in [0.15, 0.2) is 0 Å². The molecule has 0 bridgehead atoms. The Kier molecular flexibility index (Phi) is 10.5. The number of hydrogen-bond acceptors (Lipinski definition) is 8. The SMILES string of the molecule is CO[C@@H](CC(=O)OC(C)(C)C)CC(O)C=Cc1c(-c2ccc(F)cc2)nc(N(C)S(C)(=O)=O)nc1C(C)C. The zero-order valence-electron chi connectivity index (χ0n) is 23.2. The van der Waals surface area contributed by atoms with Crippen LogP contribution < -0.4 is 4.31 Å². The summed E-state index contributed by atoms with van der Waals surface area (Å²) in [6.45, 7) is 9.12. The van der Waals surface area contributed by atoms with Crippen molar-refractivity contribution in [2.24, 2.45) is 0 Å². The van der Waals surface area contributed by atoms with Gasteiger partial charge < -0.3 is 14.6 Å². The van der Waals surface area contributed by atoms with Gasteiger partial charge in [0, 0.05) is 31.7 Å². The molecule has 0 spiro atoms. The lowest BCUT2D eigenvalue weighted by Gasteiger charge is -2.22. The second-order valence-electron chi connectivity index (χ2n) is 10.4. The van der Waals surface area contributed by atoms with Crippen LogP contribution in [0.5, 0.6) is 0 Å². The summed E-state index contributed by atoms with van der Waals surface area (Å²) in [6, 6.07) is 5.66. The fourth-order valence-electron chi connectivity index (χ4n) is 3.58. The van der Waals surface area contributed by atoms with E-state index in [9.17, 15) is 22.7 Å². The maximum absolute atomic E-state index is 13.7.